The highest BCUT2D eigenvalue weighted by Gasteiger charge is 2.27. The van der Waals surface area contributed by atoms with Crippen molar-refractivity contribution in [2.24, 2.45) is 5.92 Å². The molecular formula is C14H24N6O. The summed E-state index contributed by atoms with van der Waals surface area (Å²) in [6.07, 6.45) is 5.66. The van der Waals surface area contributed by atoms with E-state index in [0.717, 1.165) is 38.3 Å². The van der Waals surface area contributed by atoms with Crippen LogP contribution in [0.2, 0.25) is 0 Å². The summed E-state index contributed by atoms with van der Waals surface area (Å²) in [6, 6.07) is 0.258. The van der Waals surface area contributed by atoms with Gasteiger partial charge in [0.2, 0.25) is 17.8 Å². The van der Waals surface area contributed by atoms with Crippen molar-refractivity contribution in [3.8, 4) is 0 Å². The van der Waals surface area contributed by atoms with Crippen LogP contribution in [-0.4, -0.2) is 52.8 Å². The van der Waals surface area contributed by atoms with E-state index >= 15 is 0 Å². The van der Waals surface area contributed by atoms with Crippen LogP contribution in [-0.2, 0) is 0 Å². The van der Waals surface area contributed by atoms with Gasteiger partial charge in [-0.15, -0.1) is 0 Å². The first-order valence-electron chi connectivity index (χ1n) is 7.86. The highest BCUT2D eigenvalue weighted by Crippen LogP contribution is 2.28. The third kappa shape index (κ3) is 3.18. The lowest BCUT2D eigenvalue weighted by Crippen LogP contribution is -2.28. The van der Waals surface area contributed by atoms with E-state index in [1.165, 1.54) is 12.8 Å². The van der Waals surface area contributed by atoms with E-state index in [2.05, 4.69) is 30.5 Å². The van der Waals surface area contributed by atoms with Gasteiger partial charge in [0.1, 0.15) is 0 Å². The van der Waals surface area contributed by atoms with Crippen molar-refractivity contribution in [2.45, 2.75) is 38.1 Å². The summed E-state index contributed by atoms with van der Waals surface area (Å²) in [4.78, 5) is 15.6. The zero-order chi connectivity index (χ0) is 14.7. The number of nitrogens with zero attached hydrogens (tertiary/aromatic N) is 4. The number of aromatic nitrogens is 3. The molecule has 7 heteroatoms. The molecule has 2 aliphatic rings. The van der Waals surface area contributed by atoms with E-state index in [1.54, 1.807) is 0 Å². The number of anilines is 3. The number of nitrogens with one attached hydrogen (secondary N) is 2. The molecule has 1 aromatic rings. The minimum atomic E-state index is 0.223. The second-order valence-electron chi connectivity index (χ2n) is 5.85. The van der Waals surface area contributed by atoms with Crippen LogP contribution in [0.3, 0.4) is 0 Å². The molecular weight excluding hydrogens is 268 g/mol. The fraction of sp³-hybridized carbons (Fsp3) is 0.786. The highest BCUT2D eigenvalue weighted by atomic mass is 16.3. The molecule has 1 aromatic heterocycles. The van der Waals surface area contributed by atoms with Crippen molar-refractivity contribution in [1.82, 2.24) is 15.0 Å². The maximum Gasteiger partial charge on any atom is 0.231 e. The molecule has 1 saturated carbocycles. The van der Waals surface area contributed by atoms with Crippen LogP contribution in [0, 0.1) is 5.92 Å². The lowest BCUT2D eigenvalue weighted by molar-refractivity contribution is 0.222. The second-order valence-corrected chi connectivity index (χ2v) is 5.85. The summed E-state index contributed by atoms with van der Waals surface area (Å²) in [5.41, 5.74) is 0. The Hall–Kier alpha value is -1.63. The maximum absolute atomic E-state index is 9.43. The molecule has 7 nitrogen and oxygen atoms in total. The zero-order valence-electron chi connectivity index (χ0n) is 12.5. The van der Waals surface area contributed by atoms with Gasteiger partial charge in [-0.05, 0) is 25.7 Å². The monoisotopic (exact) mass is 292 g/mol. The summed E-state index contributed by atoms with van der Waals surface area (Å²) < 4.78 is 0. The Bertz CT molecular complexity index is 477. The van der Waals surface area contributed by atoms with Gasteiger partial charge in [-0.2, -0.15) is 15.0 Å². The van der Waals surface area contributed by atoms with Crippen LogP contribution in [0.1, 0.15) is 32.1 Å². The molecule has 2 heterocycles. The van der Waals surface area contributed by atoms with Crippen molar-refractivity contribution in [1.29, 1.82) is 0 Å². The van der Waals surface area contributed by atoms with E-state index in [-0.39, 0.29) is 12.6 Å². The molecule has 1 aliphatic carbocycles. The van der Waals surface area contributed by atoms with Crippen molar-refractivity contribution in [3.63, 3.8) is 0 Å². The molecule has 0 bridgehead atoms. The number of aliphatic hydroxyl groups excluding tert-OH is 1. The first-order valence-corrected chi connectivity index (χ1v) is 7.86. The van der Waals surface area contributed by atoms with E-state index < -0.39 is 0 Å². The van der Waals surface area contributed by atoms with Crippen LogP contribution in [0.15, 0.2) is 0 Å². The van der Waals surface area contributed by atoms with Gasteiger partial charge in [-0.3, -0.25) is 0 Å². The average molecular weight is 292 g/mol. The molecule has 1 aliphatic heterocycles. The molecule has 2 fully saturated rings. The molecule has 0 spiro atoms. The second kappa shape index (κ2) is 6.43. The molecule has 3 rings (SSSR count). The highest BCUT2D eigenvalue weighted by molar-refractivity contribution is 5.44. The van der Waals surface area contributed by atoms with E-state index in [1.807, 2.05) is 7.05 Å². The van der Waals surface area contributed by atoms with Gasteiger partial charge in [-0.25, -0.2) is 0 Å². The molecule has 3 N–H and O–H groups in total. The maximum atomic E-state index is 9.43. The van der Waals surface area contributed by atoms with Gasteiger partial charge < -0.3 is 20.6 Å². The molecule has 0 amide bonds. The van der Waals surface area contributed by atoms with Gasteiger partial charge in [0.15, 0.2) is 0 Å². The third-order valence-corrected chi connectivity index (χ3v) is 4.44. The summed E-state index contributed by atoms with van der Waals surface area (Å²) in [6.45, 7) is 2.24. The van der Waals surface area contributed by atoms with Crippen LogP contribution >= 0.6 is 0 Å². The Morgan fingerprint density at radius 2 is 1.86 bits per heavy atom. The topological polar surface area (TPSA) is 86.2 Å². The van der Waals surface area contributed by atoms with Gasteiger partial charge in [0.05, 0.1) is 0 Å². The fourth-order valence-corrected chi connectivity index (χ4v) is 3.21. The summed E-state index contributed by atoms with van der Waals surface area (Å²) >= 11 is 0. The number of rotatable bonds is 5. The smallest absolute Gasteiger partial charge is 0.231 e. The van der Waals surface area contributed by atoms with E-state index in [4.69, 9.17) is 0 Å². The number of hydrogen-bond acceptors (Lipinski definition) is 7. The Morgan fingerprint density at radius 1 is 1.10 bits per heavy atom. The summed E-state index contributed by atoms with van der Waals surface area (Å²) in [7, 11) is 1.82. The average Bonchev–Trinajstić information content (AvgIpc) is 3.18. The van der Waals surface area contributed by atoms with Crippen molar-refractivity contribution >= 4 is 17.8 Å². The van der Waals surface area contributed by atoms with Crippen molar-refractivity contribution in [2.75, 3.05) is 42.3 Å². The predicted molar refractivity (Wildman–Crippen MR) is 82.7 cm³/mol. The fourth-order valence-electron chi connectivity index (χ4n) is 3.21. The zero-order valence-corrected chi connectivity index (χ0v) is 12.5. The number of aliphatic hydroxyl groups is 1. The van der Waals surface area contributed by atoms with Crippen molar-refractivity contribution < 1.29 is 5.11 Å². The van der Waals surface area contributed by atoms with Crippen LogP contribution in [0.25, 0.3) is 0 Å². The molecule has 1 saturated heterocycles. The standard InChI is InChI=1S/C14H24N6O/c1-15-12-17-13(16-11-6-4-5-10(11)9-21)19-14(18-12)20-7-2-3-8-20/h10-11,21H,2-9H2,1H3,(H2,15,16,17,18,19). The first-order chi connectivity index (χ1) is 10.3. The normalized spacial score (nSPS) is 25.3. The predicted octanol–water partition coefficient (Wildman–Crippen LogP) is 1.09. The van der Waals surface area contributed by atoms with Crippen LogP contribution < -0.4 is 15.5 Å². The minimum absolute atomic E-state index is 0.223. The van der Waals surface area contributed by atoms with Crippen LogP contribution in [0.5, 0.6) is 0 Å². The van der Waals surface area contributed by atoms with Gasteiger partial charge in [-0.1, -0.05) is 6.42 Å². The summed E-state index contributed by atoms with van der Waals surface area (Å²) in [5, 5.41) is 15.8. The largest absolute Gasteiger partial charge is 0.396 e. The Kier molecular flexibility index (Phi) is 4.38. The Morgan fingerprint density at radius 3 is 2.57 bits per heavy atom. The van der Waals surface area contributed by atoms with E-state index in [0.29, 0.717) is 17.8 Å². The Balaban J connectivity index is 1.78. The quantitative estimate of drug-likeness (QED) is 0.749. The minimum Gasteiger partial charge on any atom is -0.396 e. The van der Waals surface area contributed by atoms with Gasteiger partial charge in [0, 0.05) is 38.7 Å². The van der Waals surface area contributed by atoms with Gasteiger partial charge in [0.25, 0.3) is 0 Å². The molecule has 2 unspecified atom stereocenters. The molecule has 2 atom stereocenters. The lowest BCUT2D eigenvalue weighted by atomic mass is 10.1. The molecule has 116 valence electrons. The Labute approximate surface area is 125 Å². The first kappa shape index (κ1) is 14.3. The molecule has 0 radical (unpaired) electrons. The van der Waals surface area contributed by atoms with Crippen molar-refractivity contribution in [3.05, 3.63) is 0 Å². The number of hydrogen-bond donors (Lipinski definition) is 3. The SMILES string of the molecule is CNc1nc(NC2CCCC2CO)nc(N2CCCC2)n1. The van der Waals surface area contributed by atoms with E-state index in [9.17, 15) is 5.11 Å². The third-order valence-electron chi connectivity index (χ3n) is 4.44. The lowest BCUT2D eigenvalue weighted by Gasteiger charge is -2.21. The summed E-state index contributed by atoms with van der Waals surface area (Å²) in [5.74, 6) is 2.25. The van der Waals surface area contributed by atoms with Gasteiger partial charge >= 0.3 is 0 Å². The molecule has 21 heavy (non-hydrogen) atoms. The molecule has 0 aromatic carbocycles. The van der Waals surface area contributed by atoms with Crippen LogP contribution in [0.4, 0.5) is 17.8 Å².